The lowest BCUT2D eigenvalue weighted by Gasteiger charge is -2.14. The lowest BCUT2D eigenvalue weighted by molar-refractivity contribution is -0.113. The van der Waals surface area contributed by atoms with Crippen LogP contribution in [0.25, 0.3) is 5.69 Å². The molecule has 0 bridgehead atoms. The molecule has 0 saturated carbocycles. The predicted octanol–water partition coefficient (Wildman–Crippen LogP) is 2.34. The number of anilines is 1. The largest absolute Gasteiger partial charge is 0.478 e. The Kier molecular flexibility index (Phi) is 4.52. The van der Waals surface area contributed by atoms with Gasteiger partial charge in [0.2, 0.25) is 5.91 Å². The Morgan fingerprint density at radius 1 is 1.25 bits per heavy atom. The van der Waals surface area contributed by atoms with Crippen LogP contribution in [-0.2, 0) is 4.79 Å². The zero-order valence-electron chi connectivity index (χ0n) is 14.8. The van der Waals surface area contributed by atoms with Gasteiger partial charge >= 0.3 is 5.97 Å². The maximum absolute atomic E-state index is 12.4. The number of aromatic nitrogens is 3. The van der Waals surface area contributed by atoms with Gasteiger partial charge in [0.15, 0.2) is 0 Å². The van der Waals surface area contributed by atoms with Gasteiger partial charge in [0.1, 0.15) is 5.82 Å². The van der Waals surface area contributed by atoms with Crippen molar-refractivity contribution in [2.24, 2.45) is 0 Å². The molecule has 28 heavy (non-hydrogen) atoms. The van der Waals surface area contributed by atoms with Gasteiger partial charge in [0.05, 0.1) is 27.9 Å². The molecule has 1 aromatic carbocycles. The van der Waals surface area contributed by atoms with Crippen molar-refractivity contribution in [3.63, 3.8) is 0 Å². The quantitative estimate of drug-likeness (QED) is 0.626. The number of aryl methyl sites for hydroxylation is 1. The lowest BCUT2D eigenvalue weighted by atomic mass is 10.1. The minimum Gasteiger partial charge on any atom is -0.478 e. The summed E-state index contributed by atoms with van der Waals surface area (Å²) in [5.74, 6) is -0.520. The van der Waals surface area contributed by atoms with Crippen LogP contribution in [0.4, 0.5) is 5.82 Å². The van der Waals surface area contributed by atoms with E-state index in [9.17, 15) is 14.4 Å². The molecule has 3 N–H and O–H groups in total. The fourth-order valence-corrected chi connectivity index (χ4v) is 4.41. The summed E-state index contributed by atoms with van der Waals surface area (Å²) >= 11 is 1.37. The standard InChI is InChI=1S/C19H16N4O4S/c1-10-15-16(13-3-2-8-20-18(13)25)28-9-14(24)21-17(15)23(22-10)12-6-4-11(5-7-12)19(26)27/h2-8,16H,9H2,1H3,(H,20,25)(H,21,24)(H,26,27)/t16-/m1/s1. The Morgan fingerprint density at radius 3 is 2.68 bits per heavy atom. The molecule has 142 valence electrons. The number of fused-ring (bicyclic) bond motifs is 1. The molecule has 0 aliphatic carbocycles. The number of hydrogen-bond donors (Lipinski definition) is 3. The van der Waals surface area contributed by atoms with Gasteiger partial charge in [-0.3, -0.25) is 9.59 Å². The molecule has 2 aromatic heterocycles. The number of hydrogen-bond acceptors (Lipinski definition) is 5. The number of amides is 1. The van der Waals surface area contributed by atoms with E-state index in [1.165, 1.54) is 23.9 Å². The Labute approximate surface area is 163 Å². The number of pyridine rings is 1. The minimum absolute atomic E-state index is 0.159. The van der Waals surface area contributed by atoms with Crippen molar-refractivity contribution in [2.45, 2.75) is 12.2 Å². The van der Waals surface area contributed by atoms with Crippen LogP contribution >= 0.6 is 11.8 Å². The highest BCUT2D eigenvalue weighted by Gasteiger charge is 2.31. The highest BCUT2D eigenvalue weighted by molar-refractivity contribution is 8.00. The van der Waals surface area contributed by atoms with Crippen LogP contribution in [0.2, 0.25) is 0 Å². The molecule has 1 aliphatic rings. The average molecular weight is 396 g/mol. The van der Waals surface area contributed by atoms with Crippen LogP contribution in [-0.4, -0.2) is 37.5 Å². The molecule has 0 unspecified atom stereocenters. The Balaban J connectivity index is 1.88. The number of carbonyl (C=O) groups excluding carboxylic acids is 1. The maximum atomic E-state index is 12.4. The molecule has 0 spiro atoms. The van der Waals surface area contributed by atoms with Gasteiger partial charge < -0.3 is 15.4 Å². The number of H-pyrrole nitrogens is 1. The second kappa shape index (κ2) is 7.01. The number of rotatable bonds is 3. The van der Waals surface area contributed by atoms with Gasteiger partial charge in [0, 0.05) is 17.3 Å². The summed E-state index contributed by atoms with van der Waals surface area (Å²) < 4.78 is 1.57. The number of thioether (sulfide) groups is 1. The maximum Gasteiger partial charge on any atom is 0.335 e. The van der Waals surface area contributed by atoms with E-state index in [2.05, 4.69) is 15.4 Å². The van der Waals surface area contributed by atoms with E-state index in [-0.39, 0.29) is 28.0 Å². The molecular weight excluding hydrogens is 380 g/mol. The van der Waals surface area contributed by atoms with Crippen LogP contribution in [0.1, 0.15) is 32.4 Å². The molecule has 3 heterocycles. The summed E-state index contributed by atoms with van der Waals surface area (Å²) in [7, 11) is 0. The second-order valence-electron chi connectivity index (χ2n) is 6.31. The van der Waals surface area contributed by atoms with E-state index >= 15 is 0 Å². The topological polar surface area (TPSA) is 117 Å². The van der Waals surface area contributed by atoms with Gasteiger partial charge in [0.25, 0.3) is 5.56 Å². The summed E-state index contributed by atoms with van der Waals surface area (Å²) in [6.07, 6.45) is 1.57. The molecule has 3 aromatic rings. The lowest BCUT2D eigenvalue weighted by Crippen LogP contribution is -2.15. The zero-order valence-corrected chi connectivity index (χ0v) is 15.6. The molecule has 8 nitrogen and oxygen atoms in total. The number of aromatic carboxylic acids is 1. The van der Waals surface area contributed by atoms with Crippen molar-refractivity contribution in [3.05, 3.63) is 75.3 Å². The molecule has 1 atom stereocenters. The average Bonchev–Trinajstić information content (AvgIpc) is 2.88. The molecule has 1 aliphatic heterocycles. The summed E-state index contributed by atoms with van der Waals surface area (Å²) in [5.41, 5.74) is 2.55. The van der Waals surface area contributed by atoms with Crippen LogP contribution < -0.4 is 10.9 Å². The fraction of sp³-hybridized carbons (Fsp3) is 0.158. The van der Waals surface area contributed by atoms with E-state index in [1.807, 2.05) is 6.92 Å². The van der Waals surface area contributed by atoms with Crippen LogP contribution in [0, 0.1) is 6.92 Å². The van der Waals surface area contributed by atoms with E-state index in [0.717, 1.165) is 5.56 Å². The normalized spacial score (nSPS) is 16.2. The van der Waals surface area contributed by atoms with E-state index in [1.54, 1.807) is 35.1 Å². The summed E-state index contributed by atoms with van der Waals surface area (Å²) in [4.78, 5) is 38.4. The van der Waals surface area contributed by atoms with Crippen molar-refractivity contribution < 1.29 is 14.7 Å². The SMILES string of the molecule is Cc1nn(-c2ccc(C(=O)O)cc2)c2c1[C@@H](c1ccc[nH]c1=O)SCC(=O)N2. The molecule has 1 amide bonds. The van der Waals surface area contributed by atoms with Gasteiger partial charge in [-0.1, -0.05) is 6.07 Å². The Morgan fingerprint density at radius 2 is 2.00 bits per heavy atom. The second-order valence-corrected chi connectivity index (χ2v) is 7.40. The van der Waals surface area contributed by atoms with Crippen LogP contribution in [0.5, 0.6) is 0 Å². The molecule has 0 saturated heterocycles. The summed E-state index contributed by atoms with van der Waals surface area (Å²) in [6.45, 7) is 1.82. The molecule has 9 heteroatoms. The minimum atomic E-state index is -1.02. The predicted molar refractivity (Wildman–Crippen MR) is 105 cm³/mol. The Hall–Kier alpha value is -3.33. The van der Waals surface area contributed by atoms with Gasteiger partial charge in [-0.2, -0.15) is 5.10 Å². The smallest absolute Gasteiger partial charge is 0.335 e. The third-order valence-corrected chi connectivity index (χ3v) is 5.75. The first-order valence-electron chi connectivity index (χ1n) is 8.48. The van der Waals surface area contributed by atoms with Crippen molar-refractivity contribution in [1.29, 1.82) is 0 Å². The third kappa shape index (κ3) is 3.09. The van der Waals surface area contributed by atoms with E-state index < -0.39 is 5.97 Å². The fourth-order valence-electron chi connectivity index (χ4n) is 3.20. The van der Waals surface area contributed by atoms with Gasteiger partial charge in [-0.15, -0.1) is 11.8 Å². The van der Waals surface area contributed by atoms with Gasteiger partial charge in [-0.05, 0) is 37.3 Å². The number of carboxylic acid groups (broad SMARTS) is 1. The number of aromatic amines is 1. The van der Waals surface area contributed by atoms with Crippen molar-refractivity contribution >= 4 is 29.5 Å². The van der Waals surface area contributed by atoms with Crippen molar-refractivity contribution in [2.75, 3.05) is 11.1 Å². The monoisotopic (exact) mass is 396 g/mol. The summed E-state index contributed by atoms with van der Waals surface area (Å²) in [5, 5.41) is 16.2. The molecule has 0 fully saturated rings. The third-order valence-electron chi connectivity index (χ3n) is 4.50. The first-order chi connectivity index (χ1) is 13.5. The first kappa shape index (κ1) is 18.1. The van der Waals surface area contributed by atoms with E-state index in [4.69, 9.17) is 5.11 Å². The number of nitrogens with zero attached hydrogens (tertiary/aromatic N) is 2. The van der Waals surface area contributed by atoms with Crippen LogP contribution in [0.3, 0.4) is 0 Å². The summed E-state index contributed by atoms with van der Waals surface area (Å²) in [6, 6.07) is 9.72. The zero-order chi connectivity index (χ0) is 19.8. The molecular formula is C19H16N4O4S. The van der Waals surface area contributed by atoms with Gasteiger partial charge in [-0.25, -0.2) is 9.48 Å². The van der Waals surface area contributed by atoms with Crippen LogP contribution in [0.15, 0.2) is 47.4 Å². The van der Waals surface area contributed by atoms with Crippen molar-refractivity contribution in [3.8, 4) is 5.69 Å². The number of benzene rings is 1. The highest BCUT2D eigenvalue weighted by Crippen LogP contribution is 2.42. The van der Waals surface area contributed by atoms with E-state index in [0.29, 0.717) is 22.8 Å². The Bertz CT molecular complexity index is 1130. The number of carbonyl (C=O) groups is 2. The molecule has 4 rings (SSSR count). The highest BCUT2D eigenvalue weighted by atomic mass is 32.2. The number of carboxylic acids is 1. The molecule has 0 radical (unpaired) electrons. The number of nitrogens with one attached hydrogen (secondary N) is 2. The first-order valence-corrected chi connectivity index (χ1v) is 9.53. The van der Waals surface area contributed by atoms with Crippen molar-refractivity contribution in [1.82, 2.24) is 14.8 Å².